The average Bonchev–Trinajstić information content (AvgIpc) is 2.77. The number of imide groups is 1. The number of pyridine rings is 1. The molecule has 4 heteroatoms. The van der Waals surface area contributed by atoms with E-state index in [-0.39, 0.29) is 17.2 Å². The molecule has 0 bridgehead atoms. The maximum absolute atomic E-state index is 12.3. The smallest absolute Gasteiger partial charge is 0.234 e. The molecule has 18 heavy (non-hydrogen) atoms. The van der Waals surface area contributed by atoms with E-state index in [1.54, 1.807) is 24.5 Å². The Labute approximate surface area is 106 Å². The quantitative estimate of drug-likeness (QED) is 0.712. The van der Waals surface area contributed by atoms with Crippen LogP contribution in [-0.4, -0.2) is 16.8 Å². The van der Waals surface area contributed by atoms with Gasteiger partial charge in [0.05, 0.1) is 5.69 Å². The summed E-state index contributed by atoms with van der Waals surface area (Å²) in [4.78, 5) is 29.7. The molecule has 2 amide bonds. The monoisotopic (exact) mass is 244 g/mol. The molecule has 0 atom stereocenters. The van der Waals surface area contributed by atoms with Crippen LogP contribution in [0, 0.1) is 5.41 Å². The summed E-state index contributed by atoms with van der Waals surface area (Å²) >= 11 is 0. The molecule has 94 valence electrons. The summed E-state index contributed by atoms with van der Waals surface area (Å²) in [6.45, 7) is 0. The Hall–Kier alpha value is -1.71. The second-order valence-corrected chi connectivity index (χ2v) is 5.39. The minimum Gasteiger partial charge on any atom is -0.274 e. The van der Waals surface area contributed by atoms with Gasteiger partial charge in [-0.2, -0.15) is 0 Å². The molecule has 1 aliphatic carbocycles. The summed E-state index contributed by atoms with van der Waals surface area (Å²) in [6.07, 6.45) is 8.59. The van der Waals surface area contributed by atoms with Crippen LogP contribution in [0.1, 0.15) is 38.5 Å². The molecule has 2 heterocycles. The minimum atomic E-state index is -0.0562. The van der Waals surface area contributed by atoms with Crippen LogP contribution in [0.25, 0.3) is 0 Å². The van der Waals surface area contributed by atoms with Crippen LogP contribution in [0.5, 0.6) is 0 Å². The third-order valence-corrected chi connectivity index (χ3v) is 4.14. The van der Waals surface area contributed by atoms with Gasteiger partial charge in [-0.25, -0.2) is 0 Å². The number of aromatic nitrogens is 1. The van der Waals surface area contributed by atoms with Crippen molar-refractivity contribution in [3.63, 3.8) is 0 Å². The van der Waals surface area contributed by atoms with Crippen LogP contribution >= 0.6 is 0 Å². The lowest BCUT2D eigenvalue weighted by Gasteiger charge is -2.37. The molecule has 3 rings (SSSR count). The Morgan fingerprint density at radius 3 is 2.11 bits per heavy atom. The Bertz CT molecular complexity index is 458. The molecule has 4 nitrogen and oxygen atoms in total. The topological polar surface area (TPSA) is 50.3 Å². The van der Waals surface area contributed by atoms with Gasteiger partial charge in [-0.15, -0.1) is 0 Å². The highest BCUT2D eigenvalue weighted by molar-refractivity contribution is 6.16. The lowest BCUT2D eigenvalue weighted by molar-refractivity contribution is -0.133. The van der Waals surface area contributed by atoms with E-state index in [1.165, 1.54) is 4.90 Å². The normalized spacial score (nSPS) is 22.8. The van der Waals surface area contributed by atoms with Crippen molar-refractivity contribution in [3.8, 4) is 0 Å². The predicted molar refractivity (Wildman–Crippen MR) is 66.9 cm³/mol. The van der Waals surface area contributed by atoms with Crippen LogP contribution < -0.4 is 4.90 Å². The first-order valence-electron chi connectivity index (χ1n) is 6.46. The van der Waals surface area contributed by atoms with E-state index in [1.807, 2.05) is 0 Å². The van der Waals surface area contributed by atoms with Gasteiger partial charge in [0.2, 0.25) is 11.8 Å². The van der Waals surface area contributed by atoms with E-state index in [2.05, 4.69) is 4.98 Å². The fourth-order valence-corrected chi connectivity index (χ4v) is 3.26. The summed E-state index contributed by atoms with van der Waals surface area (Å²) in [5, 5.41) is 0. The predicted octanol–water partition coefficient (Wildman–Crippen LogP) is 2.30. The first kappa shape index (κ1) is 11.4. The summed E-state index contributed by atoms with van der Waals surface area (Å²) in [5.74, 6) is -0.112. The number of nitrogens with zero attached hydrogens (tertiary/aromatic N) is 2. The van der Waals surface area contributed by atoms with Gasteiger partial charge >= 0.3 is 0 Å². The fraction of sp³-hybridized carbons (Fsp3) is 0.500. The number of hydrogen-bond donors (Lipinski definition) is 0. The maximum atomic E-state index is 12.3. The van der Waals surface area contributed by atoms with E-state index < -0.39 is 0 Å². The highest BCUT2D eigenvalue weighted by atomic mass is 16.2. The van der Waals surface area contributed by atoms with E-state index in [4.69, 9.17) is 0 Å². The van der Waals surface area contributed by atoms with Gasteiger partial charge in [-0.1, -0.05) is 12.8 Å². The Morgan fingerprint density at radius 2 is 1.56 bits per heavy atom. The molecule has 2 aliphatic rings. The first-order chi connectivity index (χ1) is 8.70. The highest BCUT2D eigenvalue weighted by Gasteiger charge is 2.45. The molecule has 1 spiro atoms. The lowest BCUT2D eigenvalue weighted by Crippen LogP contribution is -2.47. The molecule has 1 aliphatic heterocycles. The van der Waals surface area contributed by atoms with Crippen LogP contribution in [0.4, 0.5) is 5.69 Å². The number of rotatable bonds is 1. The number of piperidine rings is 1. The number of carbonyl (C=O) groups is 2. The van der Waals surface area contributed by atoms with E-state index >= 15 is 0 Å². The molecular weight excluding hydrogens is 228 g/mol. The van der Waals surface area contributed by atoms with Crippen LogP contribution in [-0.2, 0) is 9.59 Å². The van der Waals surface area contributed by atoms with Crippen molar-refractivity contribution in [2.45, 2.75) is 38.5 Å². The number of amides is 2. The zero-order valence-corrected chi connectivity index (χ0v) is 10.3. The first-order valence-corrected chi connectivity index (χ1v) is 6.46. The van der Waals surface area contributed by atoms with Crippen molar-refractivity contribution in [2.75, 3.05) is 4.90 Å². The van der Waals surface area contributed by atoms with Gasteiger partial charge in [-0.3, -0.25) is 19.5 Å². The molecule has 1 aromatic rings. The fourth-order valence-electron chi connectivity index (χ4n) is 3.26. The van der Waals surface area contributed by atoms with Crippen LogP contribution in [0.15, 0.2) is 24.5 Å². The van der Waals surface area contributed by atoms with Gasteiger partial charge in [0.1, 0.15) is 0 Å². The molecule has 0 N–H and O–H groups in total. The van der Waals surface area contributed by atoms with Gasteiger partial charge < -0.3 is 0 Å². The summed E-state index contributed by atoms with van der Waals surface area (Å²) in [5.41, 5.74) is 0.616. The van der Waals surface area contributed by atoms with E-state index in [0.29, 0.717) is 18.5 Å². The second-order valence-electron chi connectivity index (χ2n) is 5.39. The minimum absolute atomic E-state index is 0.0301. The van der Waals surface area contributed by atoms with Crippen LogP contribution in [0.2, 0.25) is 0 Å². The van der Waals surface area contributed by atoms with Crippen molar-refractivity contribution >= 4 is 17.5 Å². The van der Waals surface area contributed by atoms with Gasteiger partial charge in [0, 0.05) is 25.2 Å². The second kappa shape index (κ2) is 4.19. The Kier molecular flexibility index (Phi) is 2.65. The third-order valence-electron chi connectivity index (χ3n) is 4.14. The van der Waals surface area contributed by atoms with Crippen molar-refractivity contribution in [1.29, 1.82) is 0 Å². The van der Waals surface area contributed by atoms with Gasteiger partial charge in [-0.05, 0) is 30.4 Å². The molecule has 0 unspecified atom stereocenters. The van der Waals surface area contributed by atoms with Crippen molar-refractivity contribution in [1.82, 2.24) is 4.98 Å². The van der Waals surface area contributed by atoms with Crippen molar-refractivity contribution in [2.24, 2.45) is 5.41 Å². The molecule has 0 radical (unpaired) electrons. The molecular formula is C14H16N2O2. The number of hydrogen-bond acceptors (Lipinski definition) is 3. The van der Waals surface area contributed by atoms with Crippen LogP contribution in [0.3, 0.4) is 0 Å². The number of anilines is 1. The Balaban J connectivity index is 1.87. The number of carbonyl (C=O) groups excluding carboxylic acids is 2. The highest BCUT2D eigenvalue weighted by Crippen LogP contribution is 2.47. The largest absolute Gasteiger partial charge is 0.274 e. The van der Waals surface area contributed by atoms with Crippen molar-refractivity contribution < 1.29 is 9.59 Å². The molecule has 1 saturated carbocycles. The zero-order chi connectivity index (χ0) is 12.6. The van der Waals surface area contributed by atoms with Crippen molar-refractivity contribution in [3.05, 3.63) is 24.5 Å². The third kappa shape index (κ3) is 1.82. The molecule has 0 aromatic carbocycles. The lowest BCUT2D eigenvalue weighted by atomic mass is 9.76. The standard InChI is InChI=1S/C14H16N2O2/c17-12-9-14(5-1-2-6-14)10-13(18)16(12)11-3-7-15-8-4-11/h3-4,7-8H,1-2,5-6,9-10H2. The summed E-state index contributed by atoms with van der Waals surface area (Å²) in [7, 11) is 0. The summed E-state index contributed by atoms with van der Waals surface area (Å²) < 4.78 is 0. The molecule has 1 saturated heterocycles. The van der Waals surface area contributed by atoms with Gasteiger partial charge in [0.25, 0.3) is 0 Å². The van der Waals surface area contributed by atoms with E-state index in [0.717, 1.165) is 25.7 Å². The molecule has 1 aromatic heterocycles. The maximum Gasteiger partial charge on any atom is 0.234 e. The molecule has 2 fully saturated rings. The zero-order valence-electron chi connectivity index (χ0n) is 10.3. The summed E-state index contributed by atoms with van der Waals surface area (Å²) in [6, 6.07) is 3.42. The van der Waals surface area contributed by atoms with E-state index in [9.17, 15) is 9.59 Å². The van der Waals surface area contributed by atoms with Gasteiger partial charge in [0.15, 0.2) is 0 Å². The SMILES string of the molecule is O=C1CC2(CCCC2)CC(=O)N1c1ccncc1. The average molecular weight is 244 g/mol. The Morgan fingerprint density at radius 1 is 1.00 bits per heavy atom.